The van der Waals surface area contributed by atoms with Gasteiger partial charge in [-0.2, -0.15) is 0 Å². The van der Waals surface area contributed by atoms with Crippen molar-refractivity contribution < 1.29 is 23.1 Å². The van der Waals surface area contributed by atoms with Gasteiger partial charge in [-0.1, -0.05) is 29.8 Å². The SMILES string of the molecule is Cc1ccc(S(=O)(=O)NC2C3CCC(O3)C2CC=CCCCC(=O)O)cc1. The Kier molecular flexibility index (Phi) is 6.34. The van der Waals surface area contributed by atoms with Crippen LogP contribution in [0.15, 0.2) is 41.3 Å². The lowest BCUT2D eigenvalue weighted by molar-refractivity contribution is -0.137. The molecule has 1 aromatic carbocycles. The van der Waals surface area contributed by atoms with Gasteiger partial charge in [-0.15, -0.1) is 0 Å². The monoisotopic (exact) mass is 393 g/mol. The molecular weight excluding hydrogens is 366 g/mol. The number of unbranched alkanes of at least 4 members (excludes halogenated alkanes) is 1. The van der Waals surface area contributed by atoms with Gasteiger partial charge in [0, 0.05) is 12.3 Å². The molecule has 1 aromatic rings. The summed E-state index contributed by atoms with van der Waals surface area (Å²) in [4.78, 5) is 10.8. The molecule has 4 atom stereocenters. The molecule has 2 heterocycles. The van der Waals surface area contributed by atoms with Crippen molar-refractivity contribution in [3.8, 4) is 0 Å². The van der Waals surface area contributed by atoms with Gasteiger partial charge in [0.15, 0.2) is 0 Å². The molecular formula is C20H27NO5S. The van der Waals surface area contributed by atoms with Gasteiger partial charge in [0.05, 0.1) is 23.1 Å². The van der Waals surface area contributed by atoms with E-state index in [2.05, 4.69) is 4.72 Å². The first-order valence-electron chi connectivity index (χ1n) is 9.48. The molecule has 27 heavy (non-hydrogen) atoms. The Morgan fingerprint density at radius 2 is 1.93 bits per heavy atom. The number of fused-ring (bicyclic) bond motifs is 2. The van der Waals surface area contributed by atoms with Crippen molar-refractivity contribution in [2.24, 2.45) is 5.92 Å². The molecule has 2 aliphatic rings. The average Bonchev–Trinajstić information content (AvgIpc) is 3.20. The zero-order chi connectivity index (χ0) is 19.4. The van der Waals surface area contributed by atoms with Gasteiger partial charge in [0.2, 0.25) is 10.0 Å². The van der Waals surface area contributed by atoms with E-state index in [1.807, 2.05) is 19.1 Å². The Balaban J connectivity index is 1.62. The summed E-state index contributed by atoms with van der Waals surface area (Å²) < 4.78 is 34.4. The van der Waals surface area contributed by atoms with Crippen molar-refractivity contribution >= 4 is 16.0 Å². The standard InChI is InChI=1S/C20H27NO5S/c1-14-8-10-15(11-9-14)27(24,25)21-20-16(17-12-13-18(20)26-17)6-4-2-3-5-7-19(22)23/h2,4,8-11,16-18,20-21H,3,5-7,12-13H2,1H3,(H,22,23). The van der Waals surface area contributed by atoms with E-state index < -0.39 is 16.0 Å². The second kappa shape index (κ2) is 8.54. The maximum absolute atomic E-state index is 12.8. The molecule has 2 saturated heterocycles. The molecule has 4 unspecified atom stereocenters. The number of carboxylic acids is 1. The predicted octanol–water partition coefficient (Wildman–Crippen LogP) is 3.02. The van der Waals surface area contributed by atoms with E-state index in [0.29, 0.717) is 12.8 Å². The highest BCUT2D eigenvalue weighted by atomic mass is 32.2. The van der Waals surface area contributed by atoms with Gasteiger partial charge in [-0.3, -0.25) is 4.79 Å². The maximum atomic E-state index is 12.8. The molecule has 0 spiro atoms. The van der Waals surface area contributed by atoms with Gasteiger partial charge in [-0.25, -0.2) is 13.1 Å². The number of rotatable bonds is 9. The van der Waals surface area contributed by atoms with Crippen LogP contribution >= 0.6 is 0 Å². The first-order chi connectivity index (χ1) is 12.9. The molecule has 0 radical (unpaired) electrons. The number of nitrogens with one attached hydrogen (secondary N) is 1. The van der Waals surface area contributed by atoms with E-state index in [4.69, 9.17) is 9.84 Å². The van der Waals surface area contributed by atoms with Crippen LogP contribution in [0.3, 0.4) is 0 Å². The normalized spacial score (nSPS) is 27.4. The van der Waals surface area contributed by atoms with E-state index >= 15 is 0 Å². The Labute approximate surface area is 160 Å². The zero-order valence-electron chi connectivity index (χ0n) is 15.5. The fourth-order valence-corrected chi connectivity index (χ4v) is 5.26. The first kappa shape index (κ1) is 20.0. The highest BCUT2D eigenvalue weighted by molar-refractivity contribution is 7.89. The van der Waals surface area contributed by atoms with Gasteiger partial charge in [-0.05, 0) is 51.2 Å². The Morgan fingerprint density at radius 1 is 1.22 bits per heavy atom. The summed E-state index contributed by atoms with van der Waals surface area (Å²) in [6.45, 7) is 1.92. The lowest BCUT2D eigenvalue weighted by atomic mass is 9.83. The number of hydrogen-bond donors (Lipinski definition) is 2. The average molecular weight is 394 g/mol. The molecule has 2 fully saturated rings. The number of allylic oxidation sites excluding steroid dienone is 2. The van der Waals surface area contributed by atoms with Crippen LogP contribution < -0.4 is 4.72 Å². The topological polar surface area (TPSA) is 92.7 Å². The van der Waals surface area contributed by atoms with Gasteiger partial charge >= 0.3 is 5.97 Å². The maximum Gasteiger partial charge on any atom is 0.303 e. The largest absolute Gasteiger partial charge is 0.481 e. The van der Waals surface area contributed by atoms with E-state index in [1.165, 1.54) is 0 Å². The number of aliphatic carboxylic acids is 1. The highest BCUT2D eigenvalue weighted by Crippen LogP contribution is 2.41. The van der Waals surface area contributed by atoms with Crippen molar-refractivity contribution in [2.45, 2.75) is 68.6 Å². The minimum atomic E-state index is -3.58. The van der Waals surface area contributed by atoms with Crippen LogP contribution in [0.5, 0.6) is 0 Å². The molecule has 0 aliphatic carbocycles. The summed E-state index contributed by atoms with van der Waals surface area (Å²) in [6.07, 6.45) is 8.11. The summed E-state index contributed by atoms with van der Waals surface area (Å²) in [7, 11) is -3.58. The molecule has 2 bridgehead atoms. The lowest BCUT2D eigenvalue weighted by Crippen LogP contribution is -2.46. The predicted molar refractivity (Wildman–Crippen MR) is 102 cm³/mol. The van der Waals surface area contributed by atoms with Crippen molar-refractivity contribution in [3.05, 3.63) is 42.0 Å². The molecule has 0 aromatic heterocycles. The zero-order valence-corrected chi connectivity index (χ0v) is 16.3. The van der Waals surface area contributed by atoms with E-state index in [9.17, 15) is 13.2 Å². The van der Waals surface area contributed by atoms with Gasteiger partial charge in [0.1, 0.15) is 0 Å². The fourth-order valence-electron chi connectivity index (χ4n) is 3.94. The third kappa shape index (κ3) is 4.97. The minimum Gasteiger partial charge on any atom is -0.481 e. The Hall–Kier alpha value is -1.70. The number of sulfonamides is 1. The van der Waals surface area contributed by atoms with E-state index in [0.717, 1.165) is 24.8 Å². The third-order valence-corrected chi connectivity index (χ3v) is 6.86. The van der Waals surface area contributed by atoms with Crippen LogP contribution in [0, 0.1) is 12.8 Å². The van der Waals surface area contributed by atoms with Gasteiger partial charge in [0.25, 0.3) is 0 Å². The van der Waals surface area contributed by atoms with Crippen molar-refractivity contribution in [1.29, 1.82) is 0 Å². The molecule has 2 N–H and O–H groups in total. The van der Waals surface area contributed by atoms with Crippen LogP contribution in [-0.2, 0) is 19.6 Å². The molecule has 3 rings (SSSR count). The molecule has 0 amide bonds. The molecule has 6 nitrogen and oxygen atoms in total. The number of benzene rings is 1. The number of carboxylic acid groups (broad SMARTS) is 1. The number of carbonyl (C=O) groups is 1. The lowest BCUT2D eigenvalue weighted by Gasteiger charge is -2.27. The highest BCUT2D eigenvalue weighted by Gasteiger charge is 2.49. The summed E-state index contributed by atoms with van der Waals surface area (Å²) in [5.41, 5.74) is 1.02. The molecule has 2 aliphatic heterocycles. The molecule has 0 saturated carbocycles. The number of hydrogen-bond acceptors (Lipinski definition) is 4. The van der Waals surface area contributed by atoms with Crippen LogP contribution in [-0.4, -0.2) is 37.7 Å². The van der Waals surface area contributed by atoms with Crippen LogP contribution in [0.1, 0.15) is 44.1 Å². The van der Waals surface area contributed by atoms with Gasteiger partial charge < -0.3 is 9.84 Å². The third-order valence-electron chi connectivity index (χ3n) is 5.38. The quantitative estimate of drug-likeness (QED) is 0.497. The van der Waals surface area contributed by atoms with Crippen LogP contribution in [0.2, 0.25) is 0 Å². The van der Waals surface area contributed by atoms with Crippen molar-refractivity contribution in [2.75, 3.05) is 0 Å². The second-order valence-corrected chi connectivity index (χ2v) is 9.12. The second-order valence-electron chi connectivity index (χ2n) is 7.41. The van der Waals surface area contributed by atoms with E-state index in [1.54, 1.807) is 24.3 Å². The first-order valence-corrected chi connectivity index (χ1v) is 11.0. The summed E-state index contributed by atoms with van der Waals surface area (Å²) >= 11 is 0. The van der Waals surface area contributed by atoms with Crippen molar-refractivity contribution in [1.82, 2.24) is 4.72 Å². The van der Waals surface area contributed by atoms with Crippen LogP contribution in [0.25, 0.3) is 0 Å². The summed E-state index contributed by atoms with van der Waals surface area (Å²) in [6, 6.07) is 6.62. The summed E-state index contributed by atoms with van der Waals surface area (Å²) in [5.74, 6) is -0.671. The number of aryl methyl sites for hydroxylation is 1. The Bertz CT molecular complexity index is 787. The van der Waals surface area contributed by atoms with Crippen LogP contribution in [0.4, 0.5) is 0 Å². The molecule has 7 heteroatoms. The smallest absolute Gasteiger partial charge is 0.303 e. The fraction of sp³-hybridized carbons (Fsp3) is 0.550. The number of ether oxygens (including phenoxy) is 1. The van der Waals surface area contributed by atoms with Crippen molar-refractivity contribution in [3.63, 3.8) is 0 Å². The summed E-state index contributed by atoms with van der Waals surface area (Å²) in [5, 5.41) is 8.66. The van der Waals surface area contributed by atoms with E-state index in [-0.39, 0.29) is 35.5 Å². The Morgan fingerprint density at radius 3 is 2.63 bits per heavy atom. The molecule has 148 valence electrons. The minimum absolute atomic E-state index is 0.0689.